The van der Waals surface area contributed by atoms with E-state index < -0.39 is 0 Å². The number of rotatable bonds is 3. The Bertz CT molecular complexity index is 628. The average molecular weight is 298 g/mol. The maximum Gasteiger partial charge on any atom is 0.0553 e. The molecule has 1 aliphatic heterocycles. The van der Waals surface area contributed by atoms with E-state index in [1.807, 2.05) is 11.8 Å². The topological polar surface area (TPSA) is 6.48 Å². The van der Waals surface area contributed by atoms with E-state index in [0.29, 0.717) is 6.04 Å². The van der Waals surface area contributed by atoms with E-state index in [1.54, 1.807) is 0 Å². The fourth-order valence-electron chi connectivity index (χ4n) is 2.63. The zero-order valence-electron chi connectivity index (χ0n) is 13.0. The molecule has 0 bridgehead atoms. The summed E-state index contributed by atoms with van der Waals surface area (Å²) in [5, 5.41) is 0. The minimum absolute atomic E-state index is 0.485. The molecule has 21 heavy (non-hydrogen) atoms. The molecule has 1 atom stereocenters. The van der Waals surface area contributed by atoms with Crippen molar-refractivity contribution in [2.75, 3.05) is 25.5 Å². The number of thioether (sulfide) groups is 1. The highest BCUT2D eigenvalue weighted by molar-refractivity contribution is 8.03. The Hall–Kier alpha value is -1.45. The zero-order valence-corrected chi connectivity index (χ0v) is 13.8. The van der Waals surface area contributed by atoms with E-state index >= 15 is 0 Å². The lowest BCUT2D eigenvalue weighted by Crippen LogP contribution is -2.39. The molecule has 3 rings (SSSR count). The van der Waals surface area contributed by atoms with Gasteiger partial charge in [0.15, 0.2) is 0 Å². The molecule has 0 fully saturated rings. The SMILES string of the molecule is C=C1CC=CC2=C1Sc1ccccc1N2CC(C)N(C)C. The lowest BCUT2D eigenvalue weighted by Gasteiger charge is -2.38. The van der Waals surface area contributed by atoms with Crippen LogP contribution in [-0.4, -0.2) is 31.6 Å². The van der Waals surface area contributed by atoms with Crippen molar-refractivity contribution in [3.63, 3.8) is 0 Å². The number of hydrogen-bond donors (Lipinski definition) is 0. The molecule has 0 N–H and O–H groups in total. The Labute approximate surface area is 131 Å². The molecule has 1 aliphatic carbocycles. The van der Waals surface area contributed by atoms with Gasteiger partial charge in [0.1, 0.15) is 0 Å². The number of hydrogen-bond acceptors (Lipinski definition) is 3. The Balaban J connectivity index is 2.04. The third kappa shape index (κ3) is 2.68. The molecule has 1 heterocycles. The molecule has 1 aromatic rings. The molecular weight excluding hydrogens is 276 g/mol. The summed E-state index contributed by atoms with van der Waals surface area (Å²) >= 11 is 1.86. The van der Waals surface area contributed by atoms with Crippen LogP contribution >= 0.6 is 11.8 Å². The van der Waals surface area contributed by atoms with Crippen LogP contribution in [0, 0.1) is 0 Å². The average Bonchev–Trinajstić information content (AvgIpc) is 2.48. The molecule has 0 aromatic heterocycles. The number of benzene rings is 1. The largest absolute Gasteiger partial charge is 0.338 e. The number of fused-ring (bicyclic) bond motifs is 1. The summed E-state index contributed by atoms with van der Waals surface area (Å²) in [6.45, 7) is 7.51. The molecule has 0 spiro atoms. The quantitative estimate of drug-likeness (QED) is 0.822. The Morgan fingerprint density at radius 2 is 2.10 bits per heavy atom. The van der Waals surface area contributed by atoms with Crippen molar-refractivity contribution in [1.29, 1.82) is 0 Å². The fourth-order valence-corrected chi connectivity index (χ4v) is 3.79. The number of allylic oxidation sites excluding steroid dienone is 3. The number of anilines is 1. The Morgan fingerprint density at radius 1 is 1.33 bits per heavy atom. The Kier molecular flexibility index (Phi) is 3.96. The van der Waals surface area contributed by atoms with Gasteiger partial charge in [-0.2, -0.15) is 0 Å². The van der Waals surface area contributed by atoms with Crippen LogP contribution in [0.15, 0.2) is 64.1 Å². The maximum absolute atomic E-state index is 4.25. The molecule has 2 aliphatic rings. The first-order valence-corrected chi connectivity index (χ1v) is 8.19. The van der Waals surface area contributed by atoms with Crippen molar-refractivity contribution >= 4 is 17.4 Å². The van der Waals surface area contributed by atoms with E-state index in [2.05, 4.69) is 73.8 Å². The lowest BCUT2D eigenvalue weighted by atomic mass is 10.0. The van der Waals surface area contributed by atoms with Gasteiger partial charge in [-0.3, -0.25) is 0 Å². The van der Waals surface area contributed by atoms with Crippen molar-refractivity contribution in [1.82, 2.24) is 4.90 Å². The highest BCUT2D eigenvalue weighted by Gasteiger charge is 2.28. The predicted octanol–water partition coefficient (Wildman–Crippen LogP) is 4.28. The molecule has 110 valence electrons. The summed E-state index contributed by atoms with van der Waals surface area (Å²) in [6.07, 6.45) is 5.45. The van der Waals surface area contributed by atoms with Gasteiger partial charge in [0.05, 0.1) is 11.4 Å². The molecule has 1 unspecified atom stereocenters. The first-order valence-electron chi connectivity index (χ1n) is 7.37. The van der Waals surface area contributed by atoms with Gasteiger partial charge in [0.25, 0.3) is 0 Å². The Morgan fingerprint density at radius 3 is 2.86 bits per heavy atom. The van der Waals surface area contributed by atoms with E-state index in [1.165, 1.54) is 26.8 Å². The monoisotopic (exact) mass is 298 g/mol. The van der Waals surface area contributed by atoms with Crippen LogP contribution in [0.5, 0.6) is 0 Å². The van der Waals surface area contributed by atoms with Crippen molar-refractivity contribution < 1.29 is 0 Å². The molecule has 0 saturated carbocycles. The van der Waals surface area contributed by atoms with Crippen LogP contribution in [0.25, 0.3) is 0 Å². The normalized spacial score (nSPS) is 18.9. The van der Waals surface area contributed by atoms with Gasteiger partial charge >= 0.3 is 0 Å². The van der Waals surface area contributed by atoms with Crippen LogP contribution in [0.1, 0.15) is 13.3 Å². The number of likely N-dealkylation sites (N-methyl/N-ethyl adjacent to an activating group) is 1. The van der Waals surface area contributed by atoms with Gasteiger partial charge in [-0.05, 0) is 51.2 Å². The van der Waals surface area contributed by atoms with Crippen LogP contribution in [0.2, 0.25) is 0 Å². The third-order valence-electron chi connectivity index (χ3n) is 4.18. The standard InChI is InChI=1S/C18H22N2S/c1-13-8-7-10-16-18(13)21-17-11-6-5-9-15(17)20(16)12-14(2)19(3)4/h5-7,9-11,14H,1,8,12H2,2-4H3. The summed E-state index contributed by atoms with van der Waals surface area (Å²) in [4.78, 5) is 7.39. The summed E-state index contributed by atoms with van der Waals surface area (Å²) < 4.78 is 0. The van der Waals surface area contributed by atoms with Gasteiger partial charge in [0, 0.05) is 22.4 Å². The zero-order chi connectivity index (χ0) is 15.0. The van der Waals surface area contributed by atoms with Gasteiger partial charge in [-0.1, -0.05) is 36.5 Å². The second-order valence-electron chi connectivity index (χ2n) is 5.92. The molecule has 1 aromatic carbocycles. The predicted molar refractivity (Wildman–Crippen MR) is 92.7 cm³/mol. The van der Waals surface area contributed by atoms with Crippen LogP contribution in [-0.2, 0) is 0 Å². The highest BCUT2D eigenvalue weighted by Crippen LogP contribution is 2.48. The fraction of sp³-hybridized carbons (Fsp3) is 0.333. The molecule has 3 heteroatoms. The first kappa shape index (κ1) is 14.5. The molecule has 0 saturated heterocycles. The minimum Gasteiger partial charge on any atom is -0.338 e. The maximum atomic E-state index is 4.25. The van der Waals surface area contributed by atoms with Crippen LogP contribution in [0.3, 0.4) is 0 Å². The molecule has 2 nitrogen and oxygen atoms in total. The van der Waals surface area contributed by atoms with E-state index in [9.17, 15) is 0 Å². The van der Waals surface area contributed by atoms with Crippen LogP contribution in [0.4, 0.5) is 5.69 Å². The van der Waals surface area contributed by atoms with Gasteiger partial charge in [-0.25, -0.2) is 0 Å². The van der Waals surface area contributed by atoms with E-state index in [0.717, 1.165) is 13.0 Å². The van der Waals surface area contributed by atoms with E-state index in [-0.39, 0.29) is 0 Å². The van der Waals surface area contributed by atoms with Crippen molar-refractivity contribution in [2.45, 2.75) is 24.3 Å². The highest BCUT2D eigenvalue weighted by atomic mass is 32.2. The summed E-state index contributed by atoms with van der Waals surface area (Å²) in [5.74, 6) is 0. The number of nitrogens with zero attached hydrogens (tertiary/aromatic N) is 2. The van der Waals surface area contributed by atoms with Crippen molar-refractivity contribution in [2.24, 2.45) is 0 Å². The minimum atomic E-state index is 0.485. The second kappa shape index (κ2) is 5.74. The summed E-state index contributed by atoms with van der Waals surface area (Å²) in [5.41, 5.74) is 3.85. The van der Waals surface area contributed by atoms with Crippen LogP contribution < -0.4 is 4.90 Å². The van der Waals surface area contributed by atoms with Gasteiger partial charge in [0.2, 0.25) is 0 Å². The molecular formula is C18H22N2S. The molecule has 0 radical (unpaired) electrons. The summed E-state index contributed by atoms with van der Waals surface area (Å²) in [7, 11) is 4.28. The lowest BCUT2D eigenvalue weighted by molar-refractivity contribution is 0.318. The van der Waals surface area contributed by atoms with Crippen molar-refractivity contribution in [3.05, 3.63) is 59.2 Å². The first-order chi connectivity index (χ1) is 10.1. The van der Waals surface area contributed by atoms with Gasteiger partial charge in [-0.15, -0.1) is 0 Å². The van der Waals surface area contributed by atoms with Gasteiger partial charge < -0.3 is 9.80 Å². The summed E-state index contributed by atoms with van der Waals surface area (Å²) in [6, 6.07) is 9.16. The van der Waals surface area contributed by atoms with Crippen molar-refractivity contribution in [3.8, 4) is 0 Å². The third-order valence-corrected chi connectivity index (χ3v) is 5.45. The second-order valence-corrected chi connectivity index (χ2v) is 6.97. The molecule has 0 amide bonds. The smallest absolute Gasteiger partial charge is 0.0553 e. The van der Waals surface area contributed by atoms with E-state index in [4.69, 9.17) is 0 Å². The number of para-hydroxylation sites is 1.